The molecule has 13 heteroatoms. The minimum atomic E-state index is -4.64. The van der Waals surface area contributed by atoms with E-state index in [1.165, 1.54) is 0 Å². The van der Waals surface area contributed by atoms with Gasteiger partial charge in [0.1, 0.15) is 0 Å². The van der Waals surface area contributed by atoms with Gasteiger partial charge in [-0.05, 0) is 0 Å². The SMILES string of the molecule is O.O=P(O)(O)O.O[Si](O)(O)O.[AlH3].[NaH]. The summed E-state index contributed by atoms with van der Waals surface area (Å²) in [5.74, 6) is 0. The Labute approximate surface area is 107 Å². The second kappa shape index (κ2) is 11.7. The maximum atomic E-state index is 8.88. The van der Waals surface area contributed by atoms with Crippen LogP contribution in [0.2, 0.25) is 0 Å². The standard InChI is InChI=1S/Al.Na.H3O4P.H4O4Si.H2O.4H/c;;2*1-5(2,3)4;;;;;/h;;(H3,1,2,3,4);1-4H;1H2;;;;. The number of hydrogen-bond donors (Lipinski definition) is 7. The van der Waals surface area contributed by atoms with Crippen molar-refractivity contribution in [1.82, 2.24) is 0 Å². The first kappa shape index (κ1) is 29.3. The molecule has 0 aliphatic heterocycles. The maximum absolute atomic E-state index is 8.88. The fraction of sp³-hybridized carbons (Fsp3) is 0. The van der Waals surface area contributed by atoms with Gasteiger partial charge in [-0.1, -0.05) is 0 Å². The van der Waals surface area contributed by atoms with Gasteiger partial charge in [-0.3, -0.25) is 0 Å². The first-order valence-electron chi connectivity index (χ1n) is 1.68. The Balaban J connectivity index is -0.0000000267. The molecule has 0 aromatic carbocycles. The molecule has 0 aliphatic rings. The summed E-state index contributed by atoms with van der Waals surface area (Å²) >= 11 is 0. The summed E-state index contributed by atoms with van der Waals surface area (Å²) < 4.78 is 8.88. The molecule has 0 aliphatic carbocycles. The first-order chi connectivity index (χ1) is 4.00. The Morgan fingerprint density at radius 3 is 0.923 bits per heavy atom. The minimum absolute atomic E-state index is 0. The van der Waals surface area contributed by atoms with Gasteiger partial charge in [-0.15, -0.1) is 0 Å². The van der Waals surface area contributed by atoms with E-state index in [0.29, 0.717) is 0 Å². The molecule has 0 spiro atoms. The average Bonchev–Trinajstić information content (AvgIpc) is 1.12. The first-order valence-corrected chi connectivity index (χ1v) is 5.03. The Morgan fingerprint density at radius 2 is 0.923 bits per heavy atom. The molecule has 9 N–H and O–H groups in total. The van der Waals surface area contributed by atoms with Crippen LogP contribution >= 0.6 is 7.82 Å². The Bertz CT molecular complexity index is 112. The molecule has 80 valence electrons. The van der Waals surface area contributed by atoms with Crippen molar-refractivity contribution in [3.63, 3.8) is 0 Å². The van der Waals surface area contributed by atoms with Gasteiger partial charge in [0, 0.05) is 0 Å². The van der Waals surface area contributed by atoms with Crippen LogP contribution in [0.25, 0.3) is 0 Å². The van der Waals surface area contributed by atoms with Gasteiger partial charge in [-0.2, -0.15) is 0 Å². The van der Waals surface area contributed by atoms with Gasteiger partial charge >= 0.3 is 46.4 Å². The van der Waals surface area contributed by atoms with E-state index in [-0.39, 0.29) is 52.4 Å². The van der Waals surface area contributed by atoms with Crippen LogP contribution in [0.5, 0.6) is 0 Å². The normalized spacial score (nSPS) is 9.15. The van der Waals surface area contributed by atoms with Crippen LogP contribution in [0.4, 0.5) is 0 Å². The summed E-state index contributed by atoms with van der Waals surface area (Å²) in [5, 5.41) is 0. The van der Waals surface area contributed by atoms with Crippen LogP contribution in [0.15, 0.2) is 0 Å². The van der Waals surface area contributed by atoms with Crippen molar-refractivity contribution in [2.24, 2.45) is 0 Å². The molecule has 0 heterocycles. The molecule has 0 unspecified atom stereocenters. The second-order valence-electron chi connectivity index (χ2n) is 1.11. The zero-order chi connectivity index (χ0) is 9.00. The molecule has 0 amide bonds. The van der Waals surface area contributed by atoms with E-state index in [1.807, 2.05) is 0 Å². The molecular weight excluding hydrogens is 253 g/mol. The van der Waals surface area contributed by atoms with Crippen LogP contribution in [0, 0.1) is 0 Å². The van der Waals surface area contributed by atoms with Crippen LogP contribution < -0.4 is 0 Å². The van der Waals surface area contributed by atoms with Gasteiger partial charge in [0.2, 0.25) is 0 Å². The Hall–Kier alpha value is 1.66. The molecular formula is H13AlNaO9PSi. The second-order valence-corrected chi connectivity index (χ2v) is 3.34. The van der Waals surface area contributed by atoms with Crippen molar-refractivity contribution >= 4 is 63.8 Å². The van der Waals surface area contributed by atoms with E-state index in [2.05, 4.69) is 0 Å². The summed E-state index contributed by atoms with van der Waals surface area (Å²) in [5.41, 5.74) is 0. The third-order valence-electron chi connectivity index (χ3n) is 0. The third kappa shape index (κ3) is 674. The average molecular weight is 266 g/mol. The summed E-state index contributed by atoms with van der Waals surface area (Å²) in [7, 11) is -9.25. The summed E-state index contributed by atoms with van der Waals surface area (Å²) in [6.45, 7) is 0. The fourth-order valence-corrected chi connectivity index (χ4v) is 0. The van der Waals surface area contributed by atoms with Crippen molar-refractivity contribution in [2.75, 3.05) is 0 Å². The molecule has 0 saturated carbocycles. The number of phosphoric acid groups is 1. The van der Waals surface area contributed by atoms with E-state index in [0.717, 1.165) is 0 Å². The van der Waals surface area contributed by atoms with Crippen LogP contribution in [0.3, 0.4) is 0 Å². The molecule has 0 radical (unpaired) electrons. The molecule has 13 heavy (non-hydrogen) atoms. The fourth-order valence-electron chi connectivity index (χ4n) is 0. The zero-order valence-electron chi connectivity index (χ0n) is 4.99. The number of rotatable bonds is 0. The van der Waals surface area contributed by atoms with E-state index in [1.54, 1.807) is 0 Å². The Morgan fingerprint density at radius 1 is 0.923 bits per heavy atom. The summed E-state index contributed by atoms with van der Waals surface area (Å²) in [4.78, 5) is 50.9. The van der Waals surface area contributed by atoms with Gasteiger partial charge in [-0.25, -0.2) is 4.57 Å². The van der Waals surface area contributed by atoms with Crippen molar-refractivity contribution in [3.8, 4) is 0 Å². The summed E-state index contributed by atoms with van der Waals surface area (Å²) in [6.07, 6.45) is 0. The molecule has 9 nitrogen and oxygen atoms in total. The molecule has 0 aromatic rings. The molecule has 0 aromatic heterocycles. The van der Waals surface area contributed by atoms with Crippen molar-refractivity contribution in [2.45, 2.75) is 0 Å². The Kier molecular flexibility index (Phi) is 26.5. The topological polar surface area (TPSA) is 190 Å². The quantitative estimate of drug-likeness (QED) is 0.166. The van der Waals surface area contributed by atoms with Gasteiger partial charge in [0.15, 0.2) is 17.4 Å². The van der Waals surface area contributed by atoms with Crippen molar-refractivity contribution < 1.29 is 43.9 Å². The van der Waals surface area contributed by atoms with E-state index < -0.39 is 16.9 Å². The monoisotopic (exact) mass is 266 g/mol. The van der Waals surface area contributed by atoms with Gasteiger partial charge < -0.3 is 39.3 Å². The summed E-state index contributed by atoms with van der Waals surface area (Å²) in [6, 6.07) is 0. The predicted molar refractivity (Wildman–Crippen MR) is 49.6 cm³/mol. The number of hydrogen-bond acceptors (Lipinski definition) is 5. The molecule has 0 bridgehead atoms. The van der Waals surface area contributed by atoms with Crippen LogP contribution in [0.1, 0.15) is 0 Å². The molecule has 0 fully saturated rings. The third-order valence-corrected chi connectivity index (χ3v) is 0. The van der Waals surface area contributed by atoms with E-state index in [9.17, 15) is 0 Å². The van der Waals surface area contributed by atoms with Crippen LogP contribution in [-0.4, -0.2) is 95.3 Å². The van der Waals surface area contributed by atoms with Gasteiger partial charge in [0.05, 0.1) is 0 Å². The predicted octanol–water partition coefficient (Wildman–Crippen LogP) is -6.19. The van der Waals surface area contributed by atoms with Crippen molar-refractivity contribution in [1.29, 1.82) is 0 Å². The van der Waals surface area contributed by atoms with Crippen LogP contribution in [-0.2, 0) is 4.57 Å². The molecule has 0 saturated heterocycles. The molecule has 0 rings (SSSR count). The zero-order valence-corrected chi connectivity index (χ0v) is 6.88. The van der Waals surface area contributed by atoms with Crippen molar-refractivity contribution in [3.05, 3.63) is 0 Å². The van der Waals surface area contributed by atoms with E-state index in [4.69, 9.17) is 38.4 Å². The van der Waals surface area contributed by atoms with Gasteiger partial charge in [0.25, 0.3) is 0 Å². The molecule has 0 atom stereocenters. The van der Waals surface area contributed by atoms with E-state index >= 15 is 0 Å².